The van der Waals surface area contributed by atoms with Crippen LogP contribution >= 0.6 is 0 Å². The van der Waals surface area contributed by atoms with Gasteiger partial charge in [-0.15, -0.1) is 0 Å². The number of nitro benzene ring substituents is 1. The Morgan fingerprint density at radius 1 is 1.13 bits per heavy atom. The topological polar surface area (TPSA) is 137 Å². The third kappa shape index (κ3) is 6.38. The van der Waals surface area contributed by atoms with Gasteiger partial charge in [-0.3, -0.25) is 19.7 Å². The SMILES string of the molecule is COCCNc1ccc([N+](=O)[O-])cc1C(=O)OCC(=O)Nc1cccc(C(C)=O)c1. The number of methoxy groups -OCH3 is 1. The molecule has 0 aromatic heterocycles. The van der Waals surface area contributed by atoms with Gasteiger partial charge in [0.2, 0.25) is 0 Å². The molecule has 0 saturated heterocycles. The Balaban J connectivity index is 2.06. The lowest BCUT2D eigenvalue weighted by Gasteiger charge is -2.12. The number of esters is 1. The fraction of sp³-hybridized carbons (Fsp3) is 0.250. The zero-order chi connectivity index (χ0) is 22.1. The van der Waals surface area contributed by atoms with E-state index in [2.05, 4.69) is 10.6 Å². The van der Waals surface area contributed by atoms with Crippen LogP contribution in [0.2, 0.25) is 0 Å². The second-order valence-electron chi connectivity index (χ2n) is 6.17. The molecule has 0 bridgehead atoms. The van der Waals surface area contributed by atoms with Crippen LogP contribution in [0.5, 0.6) is 0 Å². The van der Waals surface area contributed by atoms with Crippen LogP contribution in [0.1, 0.15) is 27.6 Å². The van der Waals surface area contributed by atoms with Crippen LogP contribution in [-0.4, -0.2) is 49.5 Å². The number of ether oxygens (including phenoxy) is 2. The molecule has 0 atom stereocenters. The normalized spacial score (nSPS) is 10.2. The summed E-state index contributed by atoms with van der Waals surface area (Å²) < 4.78 is 9.93. The Hall–Kier alpha value is -3.79. The average molecular weight is 415 g/mol. The molecule has 2 rings (SSSR count). The van der Waals surface area contributed by atoms with E-state index < -0.39 is 23.4 Å². The van der Waals surface area contributed by atoms with Crippen LogP contribution in [0.15, 0.2) is 42.5 Å². The number of nitro groups is 1. The summed E-state index contributed by atoms with van der Waals surface area (Å²) in [5.74, 6) is -1.67. The van der Waals surface area contributed by atoms with E-state index in [4.69, 9.17) is 9.47 Å². The highest BCUT2D eigenvalue weighted by atomic mass is 16.6. The van der Waals surface area contributed by atoms with E-state index in [-0.39, 0.29) is 17.0 Å². The van der Waals surface area contributed by atoms with E-state index in [1.165, 1.54) is 32.2 Å². The largest absolute Gasteiger partial charge is 0.452 e. The van der Waals surface area contributed by atoms with E-state index in [0.717, 1.165) is 6.07 Å². The Kier molecular flexibility index (Phi) is 8.00. The number of carbonyl (C=O) groups is 3. The molecule has 0 unspecified atom stereocenters. The predicted molar refractivity (Wildman–Crippen MR) is 109 cm³/mol. The number of carbonyl (C=O) groups excluding carboxylic acids is 3. The molecule has 30 heavy (non-hydrogen) atoms. The van der Waals surface area contributed by atoms with Crippen molar-refractivity contribution in [2.24, 2.45) is 0 Å². The first-order chi connectivity index (χ1) is 14.3. The minimum atomic E-state index is -0.897. The maximum Gasteiger partial charge on any atom is 0.341 e. The summed E-state index contributed by atoms with van der Waals surface area (Å²) in [6, 6.07) is 10.0. The zero-order valence-corrected chi connectivity index (χ0v) is 16.5. The molecule has 2 aromatic rings. The molecule has 10 heteroatoms. The number of hydrogen-bond acceptors (Lipinski definition) is 8. The lowest BCUT2D eigenvalue weighted by molar-refractivity contribution is -0.384. The van der Waals surface area contributed by atoms with Crippen molar-refractivity contribution in [1.82, 2.24) is 0 Å². The number of hydrogen-bond donors (Lipinski definition) is 2. The van der Waals surface area contributed by atoms with Crippen molar-refractivity contribution in [1.29, 1.82) is 0 Å². The third-order valence-corrected chi connectivity index (χ3v) is 3.94. The van der Waals surface area contributed by atoms with Crippen molar-refractivity contribution in [3.63, 3.8) is 0 Å². The van der Waals surface area contributed by atoms with Crippen LogP contribution in [0, 0.1) is 10.1 Å². The first kappa shape index (κ1) is 22.5. The highest BCUT2D eigenvalue weighted by Gasteiger charge is 2.19. The van der Waals surface area contributed by atoms with Gasteiger partial charge in [0.25, 0.3) is 11.6 Å². The number of ketones is 1. The number of nitrogens with zero attached hydrogens (tertiary/aromatic N) is 1. The molecule has 0 fully saturated rings. The van der Waals surface area contributed by atoms with E-state index in [9.17, 15) is 24.5 Å². The number of rotatable bonds is 10. The Morgan fingerprint density at radius 3 is 2.57 bits per heavy atom. The van der Waals surface area contributed by atoms with Gasteiger partial charge in [-0.25, -0.2) is 4.79 Å². The molecule has 0 radical (unpaired) electrons. The van der Waals surface area contributed by atoms with E-state index >= 15 is 0 Å². The van der Waals surface area contributed by atoms with E-state index in [1.807, 2.05) is 0 Å². The van der Waals surface area contributed by atoms with E-state index in [1.54, 1.807) is 18.2 Å². The standard InChI is InChI=1S/C20H21N3O7/c1-13(24)14-4-3-5-15(10-14)22-19(25)12-30-20(26)17-11-16(23(27)28)6-7-18(17)21-8-9-29-2/h3-7,10-11,21H,8-9,12H2,1-2H3,(H,22,25). The molecule has 2 N–H and O–H groups in total. The fourth-order valence-electron chi connectivity index (χ4n) is 2.48. The summed E-state index contributed by atoms with van der Waals surface area (Å²) in [5.41, 5.74) is 0.753. The van der Waals surface area contributed by atoms with Gasteiger partial charge in [-0.2, -0.15) is 0 Å². The van der Waals surface area contributed by atoms with Gasteiger partial charge in [-0.1, -0.05) is 12.1 Å². The molecule has 10 nitrogen and oxygen atoms in total. The quantitative estimate of drug-likeness (QED) is 0.199. The second-order valence-corrected chi connectivity index (χ2v) is 6.17. The maximum atomic E-state index is 12.4. The van der Waals surface area contributed by atoms with Crippen LogP contribution < -0.4 is 10.6 Å². The number of non-ortho nitro benzene ring substituents is 1. The summed E-state index contributed by atoms with van der Waals surface area (Å²) in [6.45, 7) is 1.51. The number of benzene rings is 2. The first-order valence-electron chi connectivity index (χ1n) is 8.91. The van der Waals surface area contributed by atoms with Crippen LogP contribution in [-0.2, 0) is 14.3 Å². The van der Waals surface area contributed by atoms with Crippen molar-refractivity contribution in [2.75, 3.05) is 37.5 Å². The lowest BCUT2D eigenvalue weighted by Crippen LogP contribution is -2.22. The summed E-state index contributed by atoms with van der Waals surface area (Å²) in [5, 5.41) is 16.5. The van der Waals surface area contributed by atoms with Crippen molar-refractivity contribution in [3.8, 4) is 0 Å². The monoisotopic (exact) mass is 415 g/mol. The minimum Gasteiger partial charge on any atom is -0.452 e. The smallest absolute Gasteiger partial charge is 0.341 e. The number of amides is 1. The molecular weight excluding hydrogens is 394 g/mol. The molecule has 0 aliphatic carbocycles. The van der Waals surface area contributed by atoms with Gasteiger partial charge in [0.1, 0.15) is 0 Å². The van der Waals surface area contributed by atoms with Crippen LogP contribution in [0.4, 0.5) is 17.1 Å². The summed E-state index contributed by atoms with van der Waals surface area (Å²) in [6.07, 6.45) is 0. The summed E-state index contributed by atoms with van der Waals surface area (Å²) in [7, 11) is 1.51. The Labute approximate surface area is 172 Å². The molecular formula is C20H21N3O7. The Morgan fingerprint density at radius 2 is 1.90 bits per heavy atom. The molecule has 0 aliphatic rings. The molecule has 0 spiro atoms. The fourth-order valence-corrected chi connectivity index (χ4v) is 2.48. The maximum absolute atomic E-state index is 12.4. The highest BCUT2D eigenvalue weighted by Crippen LogP contribution is 2.23. The predicted octanol–water partition coefficient (Wildman–Crippen LogP) is 2.65. The van der Waals surface area contributed by atoms with Crippen LogP contribution in [0.25, 0.3) is 0 Å². The number of nitrogens with one attached hydrogen (secondary N) is 2. The van der Waals surface area contributed by atoms with Gasteiger partial charge >= 0.3 is 5.97 Å². The van der Waals surface area contributed by atoms with Gasteiger partial charge in [0.05, 0.1) is 17.1 Å². The first-order valence-corrected chi connectivity index (χ1v) is 8.91. The van der Waals surface area contributed by atoms with Crippen LogP contribution in [0.3, 0.4) is 0 Å². The molecule has 0 heterocycles. The van der Waals surface area contributed by atoms with Gasteiger partial charge in [0, 0.05) is 42.7 Å². The highest BCUT2D eigenvalue weighted by molar-refractivity contribution is 6.00. The van der Waals surface area contributed by atoms with Crippen molar-refractivity contribution in [3.05, 3.63) is 63.7 Å². The van der Waals surface area contributed by atoms with Crippen molar-refractivity contribution in [2.45, 2.75) is 6.92 Å². The molecule has 1 amide bonds. The average Bonchev–Trinajstić information content (AvgIpc) is 2.72. The minimum absolute atomic E-state index is 0.0771. The van der Waals surface area contributed by atoms with Gasteiger partial charge in [-0.05, 0) is 25.1 Å². The number of anilines is 2. The molecule has 2 aromatic carbocycles. The van der Waals surface area contributed by atoms with Crippen molar-refractivity contribution >= 4 is 34.7 Å². The van der Waals surface area contributed by atoms with Crippen molar-refractivity contribution < 1.29 is 28.8 Å². The summed E-state index contributed by atoms with van der Waals surface area (Å²) in [4.78, 5) is 46.3. The van der Waals surface area contributed by atoms with E-state index in [0.29, 0.717) is 30.1 Å². The van der Waals surface area contributed by atoms with Gasteiger partial charge < -0.3 is 20.1 Å². The Bertz CT molecular complexity index is 959. The molecule has 158 valence electrons. The molecule has 0 saturated carbocycles. The molecule has 0 aliphatic heterocycles. The third-order valence-electron chi connectivity index (χ3n) is 3.94. The summed E-state index contributed by atoms with van der Waals surface area (Å²) >= 11 is 0. The second kappa shape index (κ2) is 10.7. The zero-order valence-electron chi connectivity index (χ0n) is 16.5. The number of Topliss-reactive ketones (excluding diaryl/α,β-unsaturated/α-hetero) is 1. The lowest BCUT2D eigenvalue weighted by atomic mass is 10.1. The van der Waals surface area contributed by atoms with Gasteiger partial charge in [0.15, 0.2) is 12.4 Å².